The van der Waals surface area contributed by atoms with Crippen molar-refractivity contribution >= 4 is 39.5 Å². The highest BCUT2D eigenvalue weighted by molar-refractivity contribution is 7.92. The highest BCUT2D eigenvalue weighted by Gasteiger charge is 2.18. The Balaban J connectivity index is 0.00000400. The van der Waals surface area contributed by atoms with E-state index in [1.807, 2.05) is 0 Å². The Morgan fingerprint density at radius 2 is 2.00 bits per heavy atom. The largest absolute Gasteiger partial charge is 0.495 e. The van der Waals surface area contributed by atoms with Crippen LogP contribution in [0.1, 0.15) is 13.8 Å². The molecule has 120 valence electrons. The van der Waals surface area contributed by atoms with Crippen LogP contribution in [0, 0.1) is 5.92 Å². The van der Waals surface area contributed by atoms with Gasteiger partial charge in [0, 0.05) is 5.69 Å². The Kier molecular flexibility index (Phi) is 7.52. The van der Waals surface area contributed by atoms with Gasteiger partial charge in [-0.1, -0.05) is 13.8 Å². The first-order valence-corrected chi connectivity index (χ1v) is 7.99. The monoisotopic (exact) mass is 336 g/mol. The predicted molar refractivity (Wildman–Crippen MR) is 86.8 cm³/mol. The van der Waals surface area contributed by atoms with Crippen molar-refractivity contribution in [3.05, 3.63) is 18.2 Å². The first-order chi connectivity index (χ1) is 9.23. The summed E-state index contributed by atoms with van der Waals surface area (Å²) in [4.78, 5) is 11.7. The topological polar surface area (TPSA) is 98.5 Å². The SMILES string of the molecule is COc1ccc(NC(=O)CS(=O)(=O)CC(C)C)cc1N.Cl. The van der Waals surface area contributed by atoms with Crippen LogP contribution >= 0.6 is 12.4 Å². The zero-order chi connectivity index (χ0) is 15.3. The van der Waals surface area contributed by atoms with Crippen LogP contribution in [-0.2, 0) is 14.6 Å². The third-order valence-corrected chi connectivity index (χ3v) is 4.33. The van der Waals surface area contributed by atoms with Crippen LogP contribution in [0.4, 0.5) is 11.4 Å². The first kappa shape index (κ1) is 19.5. The zero-order valence-corrected chi connectivity index (χ0v) is 13.9. The third-order valence-electron chi connectivity index (χ3n) is 2.45. The number of halogens is 1. The number of ether oxygens (including phenoxy) is 1. The molecule has 0 aliphatic heterocycles. The van der Waals surface area contributed by atoms with E-state index in [0.717, 1.165) is 0 Å². The lowest BCUT2D eigenvalue weighted by Crippen LogP contribution is -2.26. The fourth-order valence-electron chi connectivity index (χ4n) is 1.78. The van der Waals surface area contributed by atoms with Gasteiger partial charge in [0.05, 0.1) is 18.6 Å². The lowest BCUT2D eigenvalue weighted by molar-refractivity contribution is -0.113. The Bertz CT molecular complexity index is 588. The first-order valence-electron chi connectivity index (χ1n) is 6.17. The van der Waals surface area contributed by atoms with Crippen LogP contribution in [0.25, 0.3) is 0 Å². The number of hydrogen-bond acceptors (Lipinski definition) is 5. The van der Waals surface area contributed by atoms with E-state index in [4.69, 9.17) is 10.5 Å². The maximum absolute atomic E-state index is 11.7. The Morgan fingerprint density at radius 1 is 1.38 bits per heavy atom. The molecule has 8 heteroatoms. The van der Waals surface area contributed by atoms with Gasteiger partial charge in [-0.15, -0.1) is 12.4 Å². The smallest absolute Gasteiger partial charge is 0.239 e. The molecule has 0 heterocycles. The van der Waals surface area contributed by atoms with E-state index in [-0.39, 0.29) is 24.1 Å². The summed E-state index contributed by atoms with van der Waals surface area (Å²) in [5.41, 5.74) is 6.51. The standard InChI is InChI=1S/C13H20N2O4S.ClH/c1-9(2)7-20(17,18)8-13(16)15-10-4-5-12(19-3)11(14)6-10;/h4-6,9H,7-8,14H2,1-3H3,(H,15,16);1H. The minimum Gasteiger partial charge on any atom is -0.495 e. The van der Waals surface area contributed by atoms with E-state index in [1.165, 1.54) is 13.2 Å². The molecule has 3 N–H and O–H groups in total. The molecule has 21 heavy (non-hydrogen) atoms. The number of rotatable bonds is 6. The second-order valence-corrected chi connectivity index (χ2v) is 7.06. The lowest BCUT2D eigenvalue weighted by Gasteiger charge is -2.10. The van der Waals surface area contributed by atoms with Crippen LogP contribution < -0.4 is 15.8 Å². The maximum atomic E-state index is 11.7. The van der Waals surface area contributed by atoms with Gasteiger partial charge in [-0.05, 0) is 24.1 Å². The van der Waals surface area contributed by atoms with Crippen molar-refractivity contribution in [2.45, 2.75) is 13.8 Å². The fraction of sp³-hybridized carbons (Fsp3) is 0.462. The van der Waals surface area contributed by atoms with Crippen molar-refractivity contribution in [1.29, 1.82) is 0 Å². The number of carbonyl (C=O) groups is 1. The molecule has 0 aliphatic carbocycles. The highest BCUT2D eigenvalue weighted by Crippen LogP contribution is 2.24. The number of hydrogen-bond donors (Lipinski definition) is 2. The number of nitrogens with one attached hydrogen (secondary N) is 1. The van der Waals surface area contributed by atoms with E-state index >= 15 is 0 Å². The maximum Gasteiger partial charge on any atom is 0.239 e. The number of sulfone groups is 1. The normalized spacial score (nSPS) is 10.9. The Hall–Kier alpha value is -1.47. The van der Waals surface area contributed by atoms with Gasteiger partial charge in [0.15, 0.2) is 9.84 Å². The van der Waals surface area contributed by atoms with Gasteiger partial charge < -0.3 is 15.8 Å². The minimum atomic E-state index is -3.39. The zero-order valence-electron chi connectivity index (χ0n) is 12.3. The summed E-state index contributed by atoms with van der Waals surface area (Å²) < 4.78 is 28.4. The molecule has 1 rings (SSSR count). The molecule has 0 fully saturated rings. The van der Waals surface area contributed by atoms with Gasteiger partial charge in [-0.2, -0.15) is 0 Å². The third kappa shape index (κ3) is 6.68. The molecule has 6 nitrogen and oxygen atoms in total. The van der Waals surface area contributed by atoms with Gasteiger partial charge in [0.2, 0.25) is 5.91 Å². The van der Waals surface area contributed by atoms with E-state index in [1.54, 1.807) is 26.0 Å². The van der Waals surface area contributed by atoms with Crippen LogP contribution in [0.3, 0.4) is 0 Å². The van der Waals surface area contributed by atoms with Gasteiger partial charge in [0.25, 0.3) is 0 Å². The number of amides is 1. The number of nitrogens with two attached hydrogens (primary N) is 1. The molecule has 0 aliphatic rings. The van der Waals surface area contributed by atoms with Crippen molar-refractivity contribution < 1.29 is 17.9 Å². The highest BCUT2D eigenvalue weighted by atomic mass is 35.5. The van der Waals surface area contributed by atoms with Crippen LogP contribution in [0.2, 0.25) is 0 Å². The molecule has 1 amide bonds. The van der Waals surface area contributed by atoms with E-state index in [2.05, 4.69) is 5.32 Å². The quantitative estimate of drug-likeness (QED) is 0.770. The Labute approximate surface area is 131 Å². The second-order valence-electron chi connectivity index (χ2n) is 4.95. The van der Waals surface area contributed by atoms with Crippen molar-refractivity contribution in [2.24, 2.45) is 5.92 Å². The molecule has 0 unspecified atom stereocenters. The van der Waals surface area contributed by atoms with Crippen molar-refractivity contribution in [3.8, 4) is 5.75 Å². The molecule has 0 atom stereocenters. The van der Waals surface area contributed by atoms with Gasteiger partial charge in [-0.3, -0.25) is 4.79 Å². The summed E-state index contributed by atoms with van der Waals surface area (Å²) in [6, 6.07) is 4.72. The molecular weight excluding hydrogens is 316 g/mol. The fourth-order valence-corrected chi connectivity index (χ4v) is 3.38. The van der Waals surface area contributed by atoms with Gasteiger partial charge in [-0.25, -0.2) is 8.42 Å². The van der Waals surface area contributed by atoms with Crippen molar-refractivity contribution in [1.82, 2.24) is 0 Å². The summed E-state index contributed by atoms with van der Waals surface area (Å²) in [7, 11) is -1.90. The lowest BCUT2D eigenvalue weighted by atomic mass is 10.2. The summed E-state index contributed by atoms with van der Waals surface area (Å²) in [6.45, 7) is 3.58. The van der Waals surface area contributed by atoms with Gasteiger partial charge in [0.1, 0.15) is 11.5 Å². The van der Waals surface area contributed by atoms with Crippen molar-refractivity contribution in [2.75, 3.05) is 29.7 Å². The average Bonchev–Trinajstić information content (AvgIpc) is 2.25. The molecule has 1 aromatic carbocycles. The minimum absolute atomic E-state index is 0. The van der Waals surface area contributed by atoms with Crippen molar-refractivity contribution in [3.63, 3.8) is 0 Å². The summed E-state index contributed by atoms with van der Waals surface area (Å²) in [6.07, 6.45) is 0. The Morgan fingerprint density at radius 3 is 2.48 bits per heavy atom. The molecule has 0 aromatic heterocycles. The van der Waals surface area contributed by atoms with Crippen LogP contribution in [-0.4, -0.2) is 32.9 Å². The molecule has 0 saturated carbocycles. The second kappa shape index (κ2) is 8.09. The van der Waals surface area contributed by atoms with E-state index < -0.39 is 21.5 Å². The van der Waals surface area contributed by atoms with E-state index in [0.29, 0.717) is 17.1 Å². The number of nitrogen functional groups attached to an aromatic ring is 1. The molecule has 0 spiro atoms. The molecule has 1 aromatic rings. The predicted octanol–water partition coefficient (Wildman–Crippen LogP) is 1.71. The summed E-state index contributed by atoms with van der Waals surface area (Å²) in [5, 5.41) is 2.51. The summed E-state index contributed by atoms with van der Waals surface area (Å²) >= 11 is 0. The molecule has 0 saturated heterocycles. The number of methoxy groups -OCH3 is 1. The van der Waals surface area contributed by atoms with Gasteiger partial charge >= 0.3 is 0 Å². The molecular formula is C13H21ClN2O4S. The van der Waals surface area contributed by atoms with Crippen LogP contribution in [0.15, 0.2) is 18.2 Å². The van der Waals surface area contributed by atoms with Crippen LogP contribution in [0.5, 0.6) is 5.75 Å². The average molecular weight is 337 g/mol. The summed E-state index contributed by atoms with van der Waals surface area (Å²) in [5.74, 6) is -0.627. The van der Waals surface area contributed by atoms with E-state index in [9.17, 15) is 13.2 Å². The number of anilines is 2. The number of benzene rings is 1. The molecule has 0 bridgehead atoms. The molecule has 0 radical (unpaired) electrons. The number of carbonyl (C=O) groups excluding carboxylic acids is 1.